The summed E-state index contributed by atoms with van der Waals surface area (Å²) >= 11 is 0. The predicted octanol–water partition coefficient (Wildman–Crippen LogP) is 1.45. The molecule has 0 radical (unpaired) electrons. The number of methoxy groups -OCH3 is 1. The van der Waals surface area contributed by atoms with Crippen LogP contribution in [0.15, 0.2) is 30.3 Å². The monoisotopic (exact) mass is 378 g/mol. The van der Waals surface area contributed by atoms with Crippen LogP contribution >= 0.6 is 0 Å². The van der Waals surface area contributed by atoms with Crippen LogP contribution in [-0.4, -0.2) is 50.2 Å². The Kier molecular flexibility index (Phi) is 10.1. The van der Waals surface area contributed by atoms with Crippen LogP contribution in [0.1, 0.15) is 32.8 Å². The maximum Gasteiger partial charge on any atom is 0.328 e. The number of ether oxygens (including phenoxy) is 2. The Morgan fingerprint density at radius 1 is 1.07 bits per heavy atom. The number of carbonyl (C=O) groups excluding carboxylic acids is 3. The van der Waals surface area contributed by atoms with Crippen LogP contribution in [0.2, 0.25) is 0 Å². The zero-order valence-electron chi connectivity index (χ0n) is 16.5. The first-order valence-corrected chi connectivity index (χ1v) is 9.18. The molecule has 0 aliphatic rings. The number of benzene rings is 1. The molecular weight excluding hydrogens is 348 g/mol. The Morgan fingerprint density at radius 2 is 1.74 bits per heavy atom. The van der Waals surface area contributed by atoms with Crippen molar-refractivity contribution in [2.75, 3.05) is 20.3 Å². The molecule has 7 nitrogen and oxygen atoms in total. The van der Waals surface area contributed by atoms with Crippen molar-refractivity contribution in [2.24, 2.45) is 5.92 Å². The van der Waals surface area contributed by atoms with Crippen molar-refractivity contribution in [2.45, 2.75) is 45.7 Å². The molecule has 0 aromatic heterocycles. The van der Waals surface area contributed by atoms with Crippen LogP contribution in [0.5, 0.6) is 0 Å². The largest absolute Gasteiger partial charge is 0.467 e. The molecule has 150 valence electrons. The smallest absolute Gasteiger partial charge is 0.328 e. The lowest BCUT2D eigenvalue weighted by molar-refractivity contribution is -0.146. The van der Waals surface area contributed by atoms with Crippen molar-refractivity contribution < 1.29 is 23.9 Å². The second-order valence-electron chi connectivity index (χ2n) is 6.64. The van der Waals surface area contributed by atoms with Crippen LogP contribution < -0.4 is 10.6 Å². The molecule has 1 amide bonds. The van der Waals surface area contributed by atoms with Crippen LogP contribution in [0.3, 0.4) is 0 Å². The van der Waals surface area contributed by atoms with E-state index in [0.29, 0.717) is 12.8 Å². The highest BCUT2D eigenvalue weighted by atomic mass is 16.5. The summed E-state index contributed by atoms with van der Waals surface area (Å²) < 4.78 is 9.70. The summed E-state index contributed by atoms with van der Waals surface area (Å²) in [6, 6.07) is 8.04. The number of esters is 2. The van der Waals surface area contributed by atoms with Crippen molar-refractivity contribution in [3.05, 3.63) is 35.9 Å². The maximum absolute atomic E-state index is 12.8. The minimum atomic E-state index is -0.731. The summed E-state index contributed by atoms with van der Waals surface area (Å²) in [4.78, 5) is 36.4. The van der Waals surface area contributed by atoms with E-state index in [9.17, 15) is 14.4 Å². The molecule has 27 heavy (non-hydrogen) atoms. The third-order valence-electron chi connectivity index (χ3n) is 3.91. The van der Waals surface area contributed by atoms with Crippen molar-refractivity contribution in [3.63, 3.8) is 0 Å². The quantitative estimate of drug-likeness (QED) is 0.566. The fourth-order valence-electron chi connectivity index (χ4n) is 2.63. The van der Waals surface area contributed by atoms with Gasteiger partial charge in [-0.3, -0.25) is 14.9 Å². The van der Waals surface area contributed by atoms with E-state index in [0.717, 1.165) is 5.56 Å². The average Bonchev–Trinajstić information content (AvgIpc) is 2.64. The molecule has 0 saturated heterocycles. The van der Waals surface area contributed by atoms with Gasteiger partial charge < -0.3 is 14.8 Å². The molecule has 1 rings (SSSR count). The van der Waals surface area contributed by atoms with Gasteiger partial charge in [-0.1, -0.05) is 44.2 Å². The van der Waals surface area contributed by atoms with Crippen LogP contribution in [0, 0.1) is 5.92 Å². The SMILES string of the molecule is CCOC(=O)CN[C@H](Cc1ccccc1)C(=O)N[C@H](CC(C)C)C(=O)OC. The van der Waals surface area contributed by atoms with Gasteiger partial charge >= 0.3 is 11.9 Å². The second-order valence-corrected chi connectivity index (χ2v) is 6.64. The average molecular weight is 378 g/mol. The summed E-state index contributed by atoms with van der Waals surface area (Å²) in [6.07, 6.45) is 0.843. The van der Waals surface area contributed by atoms with E-state index in [2.05, 4.69) is 10.6 Å². The number of carbonyl (C=O) groups is 3. The molecule has 0 fully saturated rings. The number of amides is 1. The minimum Gasteiger partial charge on any atom is -0.467 e. The summed E-state index contributed by atoms with van der Waals surface area (Å²) in [5.41, 5.74) is 0.937. The van der Waals surface area contributed by atoms with Crippen LogP contribution in [0.25, 0.3) is 0 Å². The third kappa shape index (κ3) is 8.68. The summed E-state index contributed by atoms with van der Waals surface area (Å²) in [7, 11) is 1.29. The molecule has 0 aliphatic carbocycles. The maximum atomic E-state index is 12.8. The van der Waals surface area contributed by atoms with Gasteiger partial charge in [-0.2, -0.15) is 0 Å². The van der Waals surface area contributed by atoms with Crippen molar-refractivity contribution in [1.82, 2.24) is 10.6 Å². The third-order valence-corrected chi connectivity index (χ3v) is 3.91. The van der Waals surface area contributed by atoms with Gasteiger partial charge in [-0.25, -0.2) is 4.79 Å². The van der Waals surface area contributed by atoms with Gasteiger partial charge in [0.25, 0.3) is 0 Å². The Hall–Kier alpha value is -2.41. The minimum absolute atomic E-state index is 0.0914. The number of rotatable bonds is 11. The van der Waals surface area contributed by atoms with Crippen LogP contribution in [0.4, 0.5) is 0 Å². The normalized spacial score (nSPS) is 12.9. The Morgan fingerprint density at radius 3 is 2.30 bits per heavy atom. The Bertz CT molecular complexity index is 604. The first-order chi connectivity index (χ1) is 12.9. The lowest BCUT2D eigenvalue weighted by Crippen LogP contribution is -2.52. The topological polar surface area (TPSA) is 93.7 Å². The standard InChI is InChI=1S/C20H30N2O5/c1-5-27-18(23)13-21-16(12-15-9-7-6-8-10-15)19(24)22-17(11-14(2)3)20(25)26-4/h6-10,14,16-17,21H,5,11-13H2,1-4H3,(H,22,24)/t16-,17-/m1/s1. The van der Waals surface area contributed by atoms with Gasteiger partial charge in [0.15, 0.2) is 0 Å². The summed E-state index contributed by atoms with van der Waals surface area (Å²) in [5.74, 6) is -1.08. The molecule has 0 heterocycles. The molecule has 2 atom stereocenters. The zero-order chi connectivity index (χ0) is 20.2. The predicted molar refractivity (Wildman–Crippen MR) is 102 cm³/mol. The molecule has 1 aromatic rings. The van der Waals surface area contributed by atoms with E-state index in [-0.39, 0.29) is 25.0 Å². The van der Waals surface area contributed by atoms with Gasteiger partial charge in [0.05, 0.1) is 26.3 Å². The van der Waals surface area contributed by atoms with E-state index < -0.39 is 24.0 Å². The highest BCUT2D eigenvalue weighted by molar-refractivity contribution is 5.88. The molecule has 7 heteroatoms. The highest BCUT2D eigenvalue weighted by Crippen LogP contribution is 2.08. The van der Waals surface area contributed by atoms with Crippen LogP contribution in [-0.2, 0) is 30.3 Å². The van der Waals surface area contributed by atoms with Gasteiger partial charge in [-0.05, 0) is 31.2 Å². The van der Waals surface area contributed by atoms with E-state index >= 15 is 0 Å². The summed E-state index contributed by atoms with van der Waals surface area (Å²) in [5, 5.41) is 5.68. The molecule has 0 spiro atoms. The lowest BCUT2D eigenvalue weighted by Gasteiger charge is -2.23. The molecule has 0 unspecified atom stereocenters. The van der Waals surface area contributed by atoms with Gasteiger partial charge in [0.1, 0.15) is 6.04 Å². The zero-order valence-corrected chi connectivity index (χ0v) is 16.5. The number of nitrogens with one attached hydrogen (secondary N) is 2. The van der Waals surface area contributed by atoms with Crippen molar-refractivity contribution >= 4 is 17.8 Å². The van der Waals surface area contributed by atoms with Gasteiger partial charge in [-0.15, -0.1) is 0 Å². The molecule has 0 saturated carbocycles. The number of hydrogen-bond acceptors (Lipinski definition) is 6. The molecular formula is C20H30N2O5. The van der Waals surface area contributed by atoms with E-state index in [1.165, 1.54) is 7.11 Å². The fourth-order valence-corrected chi connectivity index (χ4v) is 2.63. The first-order valence-electron chi connectivity index (χ1n) is 9.18. The first kappa shape index (κ1) is 22.6. The molecule has 1 aromatic carbocycles. The molecule has 2 N–H and O–H groups in total. The second kappa shape index (κ2) is 12.1. The summed E-state index contributed by atoms with van der Waals surface area (Å²) in [6.45, 7) is 5.82. The molecule has 0 aliphatic heterocycles. The van der Waals surface area contributed by atoms with E-state index in [4.69, 9.17) is 9.47 Å². The highest BCUT2D eigenvalue weighted by Gasteiger charge is 2.27. The number of hydrogen-bond donors (Lipinski definition) is 2. The lowest BCUT2D eigenvalue weighted by atomic mass is 10.0. The van der Waals surface area contributed by atoms with Crippen molar-refractivity contribution in [1.29, 1.82) is 0 Å². The van der Waals surface area contributed by atoms with E-state index in [1.54, 1.807) is 6.92 Å². The van der Waals surface area contributed by atoms with E-state index in [1.807, 2.05) is 44.2 Å². The molecule has 0 bridgehead atoms. The van der Waals surface area contributed by atoms with Gasteiger partial charge in [0.2, 0.25) is 5.91 Å². The van der Waals surface area contributed by atoms with Gasteiger partial charge in [0, 0.05) is 0 Å². The fraction of sp³-hybridized carbons (Fsp3) is 0.550. The Balaban J connectivity index is 2.85. The van der Waals surface area contributed by atoms with Crippen molar-refractivity contribution in [3.8, 4) is 0 Å². The Labute approximate surface area is 160 Å².